The summed E-state index contributed by atoms with van der Waals surface area (Å²) in [6.45, 7) is 5.97. The fraction of sp³-hybridized carbons (Fsp3) is 0.600. The van der Waals surface area contributed by atoms with Gasteiger partial charge in [-0.05, 0) is 52.6 Å². The number of halogens is 2. The normalized spacial score (nSPS) is 11.4. The van der Waals surface area contributed by atoms with Gasteiger partial charge in [0.25, 0.3) is 0 Å². The topological polar surface area (TPSA) is 67.0 Å². The van der Waals surface area contributed by atoms with E-state index in [1.54, 1.807) is 0 Å². The molecule has 1 aromatic heterocycles. The molecule has 5 nitrogen and oxygen atoms in total. The number of nitrogens with zero attached hydrogens (tertiary/aromatic N) is 1. The number of rotatable bonds is 3. The van der Waals surface area contributed by atoms with E-state index >= 15 is 0 Å². The minimum Gasteiger partial charge on any atom is -0.444 e. The lowest BCUT2D eigenvalue weighted by molar-refractivity contribution is 0.0528. The fourth-order valence-electron chi connectivity index (χ4n) is 1.13. The predicted molar refractivity (Wildman–Crippen MR) is 71.9 cm³/mol. The predicted octanol–water partition coefficient (Wildman–Crippen LogP) is 3.00. The molecule has 0 aliphatic heterocycles. The summed E-state index contributed by atoms with van der Waals surface area (Å²) < 4.78 is 6.52. The number of H-pyrrole nitrogens is 1. The number of aromatic nitrogens is 2. The van der Waals surface area contributed by atoms with Crippen molar-refractivity contribution >= 4 is 38.0 Å². The van der Waals surface area contributed by atoms with E-state index in [0.29, 0.717) is 17.7 Å². The zero-order valence-corrected chi connectivity index (χ0v) is 13.1. The Labute approximate surface area is 117 Å². The Hall–Kier alpha value is -0.560. The van der Waals surface area contributed by atoms with Gasteiger partial charge in [0, 0.05) is 13.0 Å². The first-order valence-corrected chi connectivity index (χ1v) is 6.73. The molecule has 17 heavy (non-hydrogen) atoms. The molecule has 96 valence electrons. The second-order valence-corrected chi connectivity index (χ2v) is 5.98. The van der Waals surface area contributed by atoms with Crippen molar-refractivity contribution in [2.45, 2.75) is 32.8 Å². The van der Waals surface area contributed by atoms with Crippen LogP contribution in [0.1, 0.15) is 26.5 Å². The summed E-state index contributed by atoms with van der Waals surface area (Å²) in [7, 11) is 0. The highest BCUT2D eigenvalue weighted by molar-refractivity contribution is 9.11. The number of imidazole rings is 1. The van der Waals surface area contributed by atoms with E-state index in [0.717, 1.165) is 10.3 Å². The lowest BCUT2D eigenvalue weighted by Gasteiger charge is -2.19. The Kier molecular flexibility index (Phi) is 5.00. The number of alkyl carbamates (subject to hydrolysis) is 1. The number of aromatic amines is 1. The van der Waals surface area contributed by atoms with Gasteiger partial charge >= 0.3 is 6.09 Å². The summed E-state index contributed by atoms with van der Waals surface area (Å²) in [5.41, 5.74) is 0.453. The summed E-state index contributed by atoms with van der Waals surface area (Å²) in [6.07, 6.45) is 0.241. The van der Waals surface area contributed by atoms with Crippen molar-refractivity contribution in [3.63, 3.8) is 0 Å². The SMILES string of the molecule is CC(C)(C)OC(=O)NCCc1[nH]c(Br)nc1Br. The summed E-state index contributed by atoms with van der Waals surface area (Å²) >= 11 is 6.55. The van der Waals surface area contributed by atoms with Crippen LogP contribution in [0.4, 0.5) is 4.79 Å². The van der Waals surface area contributed by atoms with Crippen LogP contribution >= 0.6 is 31.9 Å². The molecule has 0 atom stereocenters. The first-order valence-electron chi connectivity index (χ1n) is 5.14. The van der Waals surface area contributed by atoms with Gasteiger partial charge in [0.05, 0.1) is 5.69 Å². The fourth-order valence-corrected chi connectivity index (χ4v) is 2.26. The van der Waals surface area contributed by atoms with E-state index in [9.17, 15) is 4.79 Å². The molecule has 0 saturated heterocycles. The second kappa shape index (κ2) is 5.86. The van der Waals surface area contributed by atoms with Crippen molar-refractivity contribution in [1.82, 2.24) is 15.3 Å². The molecule has 0 spiro atoms. The Morgan fingerprint density at radius 2 is 2.12 bits per heavy atom. The number of carbonyl (C=O) groups is 1. The molecule has 0 saturated carbocycles. The van der Waals surface area contributed by atoms with Crippen molar-refractivity contribution in [3.05, 3.63) is 15.0 Å². The van der Waals surface area contributed by atoms with E-state index in [4.69, 9.17) is 4.74 Å². The van der Waals surface area contributed by atoms with Gasteiger partial charge in [-0.3, -0.25) is 0 Å². The Morgan fingerprint density at radius 1 is 1.47 bits per heavy atom. The third-order valence-electron chi connectivity index (χ3n) is 1.74. The Morgan fingerprint density at radius 3 is 2.59 bits per heavy atom. The Balaban J connectivity index is 2.33. The first-order chi connectivity index (χ1) is 7.78. The molecule has 0 radical (unpaired) electrons. The van der Waals surface area contributed by atoms with Gasteiger partial charge in [-0.1, -0.05) is 0 Å². The molecule has 1 amide bonds. The molecule has 0 aromatic carbocycles. The number of nitrogens with one attached hydrogen (secondary N) is 2. The summed E-state index contributed by atoms with van der Waals surface area (Å²) in [5.74, 6) is 0. The van der Waals surface area contributed by atoms with Gasteiger partial charge in [-0.2, -0.15) is 0 Å². The molecule has 1 rings (SSSR count). The van der Waals surface area contributed by atoms with Crippen LogP contribution in [0.15, 0.2) is 9.34 Å². The molecule has 7 heteroatoms. The molecule has 0 fully saturated rings. The molecular formula is C10H15Br2N3O2. The van der Waals surface area contributed by atoms with E-state index in [1.165, 1.54) is 0 Å². The maximum absolute atomic E-state index is 11.4. The van der Waals surface area contributed by atoms with Crippen LogP contribution in [0.2, 0.25) is 0 Å². The van der Waals surface area contributed by atoms with E-state index in [-0.39, 0.29) is 0 Å². The second-order valence-electron chi connectivity index (χ2n) is 4.48. The summed E-state index contributed by atoms with van der Waals surface area (Å²) in [6, 6.07) is 0. The van der Waals surface area contributed by atoms with Gasteiger partial charge < -0.3 is 15.0 Å². The number of amides is 1. The van der Waals surface area contributed by atoms with Crippen LogP contribution in [0.25, 0.3) is 0 Å². The molecular weight excluding hydrogens is 354 g/mol. The van der Waals surface area contributed by atoms with Crippen LogP contribution in [0.3, 0.4) is 0 Å². The van der Waals surface area contributed by atoms with Crippen LogP contribution in [-0.2, 0) is 11.2 Å². The molecule has 1 heterocycles. The van der Waals surface area contributed by atoms with Crippen molar-refractivity contribution in [1.29, 1.82) is 0 Å². The molecule has 0 aliphatic rings. The highest BCUT2D eigenvalue weighted by Crippen LogP contribution is 2.16. The maximum Gasteiger partial charge on any atom is 0.407 e. The third-order valence-corrected chi connectivity index (χ3v) is 2.77. The van der Waals surface area contributed by atoms with Gasteiger partial charge in [-0.15, -0.1) is 0 Å². The summed E-state index contributed by atoms with van der Waals surface area (Å²) in [4.78, 5) is 18.5. The quantitative estimate of drug-likeness (QED) is 0.861. The third kappa shape index (κ3) is 5.54. The number of ether oxygens (including phenoxy) is 1. The number of hydrogen-bond acceptors (Lipinski definition) is 3. The zero-order chi connectivity index (χ0) is 13.1. The van der Waals surface area contributed by atoms with Crippen LogP contribution in [0.5, 0.6) is 0 Å². The zero-order valence-electron chi connectivity index (χ0n) is 9.93. The van der Waals surface area contributed by atoms with Crippen LogP contribution < -0.4 is 5.32 Å². The highest BCUT2D eigenvalue weighted by atomic mass is 79.9. The average Bonchev–Trinajstić information content (AvgIpc) is 2.42. The number of hydrogen-bond donors (Lipinski definition) is 2. The highest BCUT2D eigenvalue weighted by Gasteiger charge is 2.15. The van der Waals surface area contributed by atoms with Crippen LogP contribution in [0, 0.1) is 0 Å². The molecule has 0 aliphatic carbocycles. The van der Waals surface area contributed by atoms with Crippen molar-refractivity contribution < 1.29 is 9.53 Å². The minimum atomic E-state index is -0.471. The largest absolute Gasteiger partial charge is 0.444 e. The maximum atomic E-state index is 11.4. The standard InChI is InChI=1S/C10H15Br2N3O2/c1-10(2,3)17-9(16)13-5-4-6-7(11)15-8(12)14-6/h4-5H2,1-3H3,(H,13,16)(H,14,15). The molecule has 1 aromatic rings. The number of carbonyl (C=O) groups excluding carboxylic acids is 1. The Bertz CT molecular complexity index is 399. The van der Waals surface area contributed by atoms with E-state index in [2.05, 4.69) is 47.1 Å². The molecule has 2 N–H and O–H groups in total. The monoisotopic (exact) mass is 367 g/mol. The molecule has 0 unspecified atom stereocenters. The van der Waals surface area contributed by atoms with Crippen molar-refractivity contribution in [2.75, 3.05) is 6.54 Å². The van der Waals surface area contributed by atoms with E-state index in [1.807, 2.05) is 20.8 Å². The first kappa shape index (κ1) is 14.5. The summed E-state index contributed by atoms with van der Waals surface area (Å²) in [5, 5.41) is 2.68. The van der Waals surface area contributed by atoms with E-state index < -0.39 is 11.7 Å². The average molecular weight is 369 g/mol. The lowest BCUT2D eigenvalue weighted by atomic mass is 10.2. The van der Waals surface area contributed by atoms with Crippen molar-refractivity contribution in [2.24, 2.45) is 0 Å². The molecule has 0 bridgehead atoms. The van der Waals surface area contributed by atoms with Gasteiger partial charge in [0.2, 0.25) is 0 Å². The van der Waals surface area contributed by atoms with Crippen LogP contribution in [-0.4, -0.2) is 28.2 Å². The minimum absolute atomic E-state index is 0.410. The van der Waals surface area contributed by atoms with Crippen molar-refractivity contribution in [3.8, 4) is 0 Å². The smallest absolute Gasteiger partial charge is 0.407 e. The van der Waals surface area contributed by atoms with Gasteiger partial charge in [0.15, 0.2) is 4.73 Å². The lowest BCUT2D eigenvalue weighted by Crippen LogP contribution is -2.33. The van der Waals surface area contributed by atoms with Gasteiger partial charge in [-0.25, -0.2) is 9.78 Å². The van der Waals surface area contributed by atoms with Gasteiger partial charge in [0.1, 0.15) is 10.2 Å².